The summed E-state index contributed by atoms with van der Waals surface area (Å²) in [5.74, 6) is 0.175. The predicted octanol–water partition coefficient (Wildman–Crippen LogP) is 4.74. The average Bonchev–Trinajstić information content (AvgIpc) is 3.01. The van der Waals surface area contributed by atoms with Crippen LogP contribution >= 0.6 is 0 Å². The lowest BCUT2D eigenvalue weighted by atomic mass is 9.69. The number of nitrogens with one attached hydrogen (secondary N) is 1. The number of rotatable bonds is 2. The summed E-state index contributed by atoms with van der Waals surface area (Å²) in [6, 6.07) is 22.8. The standard InChI is InChI=1S/C24H21NO/c26-23(20-10-9-17-5-1-2-6-18(17)15-20)22-16-19-7-3-4-8-21(19)24(22)11-13-25-14-12-24/h1-10,15-16,25H,11-14H2. The molecule has 1 aliphatic carbocycles. The summed E-state index contributed by atoms with van der Waals surface area (Å²) in [5, 5.41) is 5.74. The zero-order valence-corrected chi connectivity index (χ0v) is 14.7. The van der Waals surface area contributed by atoms with Crippen LogP contribution < -0.4 is 5.32 Å². The van der Waals surface area contributed by atoms with Crippen molar-refractivity contribution in [1.29, 1.82) is 0 Å². The zero-order chi connectivity index (χ0) is 17.6. The largest absolute Gasteiger partial charge is 0.317 e. The van der Waals surface area contributed by atoms with Crippen LogP contribution in [0.15, 0.2) is 72.3 Å². The second-order valence-corrected chi connectivity index (χ2v) is 7.37. The minimum atomic E-state index is -0.134. The Kier molecular flexibility index (Phi) is 3.54. The smallest absolute Gasteiger partial charge is 0.189 e. The number of hydrogen-bond donors (Lipinski definition) is 1. The lowest BCUT2D eigenvalue weighted by molar-refractivity contribution is 0.101. The molecule has 1 saturated heterocycles. The fourth-order valence-corrected chi connectivity index (χ4v) is 4.66. The van der Waals surface area contributed by atoms with Crippen LogP contribution in [-0.4, -0.2) is 18.9 Å². The highest BCUT2D eigenvalue weighted by molar-refractivity contribution is 6.15. The predicted molar refractivity (Wildman–Crippen MR) is 106 cm³/mol. The van der Waals surface area contributed by atoms with Gasteiger partial charge in [0.15, 0.2) is 5.78 Å². The van der Waals surface area contributed by atoms with Crippen molar-refractivity contribution in [2.45, 2.75) is 18.3 Å². The first kappa shape index (κ1) is 15.5. The highest BCUT2D eigenvalue weighted by Crippen LogP contribution is 2.48. The number of carbonyl (C=O) groups is 1. The number of allylic oxidation sites excluding steroid dienone is 1. The quantitative estimate of drug-likeness (QED) is 0.683. The molecular weight excluding hydrogens is 318 g/mol. The van der Waals surface area contributed by atoms with Crippen LogP contribution in [-0.2, 0) is 5.41 Å². The molecular formula is C24H21NO. The Morgan fingerprint density at radius 2 is 1.58 bits per heavy atom. The first-order valence-corrected chi connectivity index (χ1v) is 9.34. The van der Waals surface area contributed by atoms with Gasteiger partial charge in [0.2, 0.25) is 0 Å². The van der Waals surface area contributed by atoms with Gasteiger partial charge in [0, 0.05) is 16.6 Å². The second-order valence-electron chi connectivity index (χ2n) is 7.37. The number of carbonyl (C=O) groups excluding carboxylic acids is 1. The van der Waals surface area contributed by atoms with Gasteiger partial charge in [-0.15, -0.1) is 0 Å². The van der Waals surface area contributed by atoms with Gasteiger partial charge in [-0.3, -0.25) is 4.79 Å². The molecule has 3 aromatic carbocycles. The molecule has 0 bridgehead atoms. The summed E-state index contributed by atoms with van der Waals surface area (Å²) in [6.07, 6.45) is 4.10. The van der Waals surface area contributed by atoms with Crippen molar-refractivity contribution >= 4 is 22.6 Å². The molecule has 0 amide bonds. The molecule has 0 atom stereocenters. The van der Waals surface area contributed by atoms with E-state index in [-0.39, 0.29) is 11.2 Å². The van der Waals surface area contributed by atoms with Crippen LogP contribution in [0.1, 0.15) is 34.3 Å². The molecule has 5 rings (SSSR count). The van der Waals surface area contributed by atoms with E-state index in [9.17, 15) is 4.79 Å². The van der Waals surface area contributed by atoms with Crippen molar-refractivity contribution in [2.24, 2.45) is 0 Å². The molecule has 0 aromatic heterocycles. The first-order valence-electron chi connectivity index (χ1n) is 9.34. The number of benzene rings is 3. The topological polar surface area (TPSA) is 29.1 Å². The van der Waals surface area contributed by atoms with Crippen molar-refractivity contribution in [3.63, 3.8) is 0 Å². The molecule has 128 valence electrons. The summed E-state index contributed by atoms with van der Waals surface area (Å²) >= 11 is 0. The third-order valence-corrected chi connectivity index (χ3v) is 6.01. The minimum Gasteiger partial charge on any atom is -0.317 e. The number of Topliss-reactive ketones (excluding diaryl/α,β-unsaturated/α-hetero) is 1. The van der Waals surface area contributed by atoms with Gasteiger partial charge in [0.1, 0.15) is 0 Å². The molecule has 1 N–H and O–H groups in total. The number of ketones is 1. The maximum atomic E-state index is 13.5. The van der Waals surface area contributed by atoms with E-state index in [1.54, 1.807) is 0 Å². The minimum absolute atomic E-state index is 0.134. The fourth-order valence-electron chi connectivity index (χ4n) is 4.66. The molecule has 3 aromatic rings. The molecule has 26 heavy (non-hydrogen) atoms. The molecule has 2 aliphatic rings. The van der Waals surface area contributed by atoms with E-state index in [0.29, 0.717) is 0 Å². The molecule has 0 radical (unpaired) electrons. The molecule has 1 heterocycles. The van der Waals surface area contributed by atoms with E-state index in [1.807, 2.05) is 24.3 Å². The maximum Gasteiger partial charge on any atom is 0.189 e. The van der Waals surface area contributed by atoms with Crippen molar-refractivity contribution in [3.8, 4) is 0 Å². The van der Waals surface area contributed by atoms with E-state index in [1.165, 1.54) is 16.5 Å². The molecule has 1 aliphatic heterocycles. The lowest BCUT2D eigenvalue weighted by Gasteiger charge is -2.37. The Bertz CT molecular complexity index is 1040. The summed E-state index contributed by atoms with van der Waals surface area (Å²) in [6.45, 7) is 1.91. The molecule has 2 nitrogen and oxygen atoms in total. The van der Waals surface area contributed by atoms with Gasteiger partial charge < -0.3 is 5.32 Å². The normalized spacial score (nSPS) is 17.9. The second kappa shape index (κ2) is 5.93. The first-order chi connectivity index (χ1) is 12.8. The maximum absolute atomic E-state index is 13.5. The van der Waals surface area contributed by atoms with Crippen LogP contribution in [0.3, 0.4) is 0 Å². The van der Waals surface area contributed by atoms with E-state index in [2.05, 4.69) is 53.9 Å². The van der Waals surface area contributed by atoms with E-state index >= 15 is 0 Å². The molecule has 0 unspecified atom stereocenters. The highest BCUT2D eigenvalue weighted by Gasteiger charge is 2.44. The van der Waals surface area contributed by atoms with Gasteiger partial charge in [0.25, 0.3) is 0 Å². The van der Waals surface area contributed by atoms with Crippen LogP contribution in [0.25, 0.3) is 16.8 Å². The van der Waals surface area contributed by atoms with Crippen molar-refractivity contribution in [2.75, 3.05) is 13.1 Å². The SMILES string of the molecule is O=C(C1=Cc2ccccc2C12CCNCC2)c1ccc2ccccc2c1. The number of hydrogen-bond acceptors (Lipinski definition) is 2. The molecule has 2 heteroatoms. The van der Waals surface area contributed by atoms with Crippen LogP contribution in [0, 0.1) is 0 Å². The van der Waals surface area contributed by atoms with E-state index in [0.717, 1.165) is 42.5 Å². The van der Waals surface area contributed by atoms with Crippen molar-refractivity contribution < 1.29 is 4.79 Å². The van der Waals surface area contributed by atoms with Crippen LogP contribution in [0.4, 0.5) is 0 Å². The van der Waals surface area contributed by atoms with Crippen molar-refractivity contribution in [3.05, 3.63) is 89.0 Å². The summed E-state index contributed by atoms with van der Waals surface area (Å²) < 4.78 is 0. The number of fused-ring (bicyclic) bond motifs is 3. The lowest BCUT2D eigenvalue weighted by Crippen LogP contribution is -2.41. The van der Waals surface area contributed by atoms with Gasteiger partial charge in [-0.2, -0.15) is 0 Å². The van der Waals surface area contributed by atoms with E-state index in [4.69, 9.17) is 0 Å². The third kappa shape index (κ3) is 2.26. The highest BCUT2D eigenvalue weighted by atomic mass is 16.1. The van der Waals surface area contributed by atoms with Crippen LogP contribution in [0.2, 0.25) is 0 Å². The van der Waals surface area contributed by atoms with Gasteiger partial charge in [-0.05, 0) is 60.0 Å². The van der Waals surface area contributed by atoms with Crippen LogP contribution in [0.5, 0.6) is 0 Å². The zero-order valence-electron chi connectivity index (χ0n) is 14.7. The molecule has 1 spiro atoms. The van der Waals surface area contributed by atoms with E-state index < -0.39 is 0 Å². The molecule has 1 fully saturated rings. The summed E-state index contributed by atoms with van der Waals surface area (Å²) in [7, 11) is 0. The van der Waals surface area contributed by atoms with Gasteiger partial charge in [0.05, 0.1) is 0 Å². The van der Waals surface area contributed by atoms with Gasteiger partial charge in [-0.25, -0.2) is 0 Å². The Morgan fingerprint density at radius 3 is 2.42 bits per heavy atom. The Hall–Kier alpha value is -2.71. The number of piperidine rings is 1. The summed E-state index contributed by atoms with van der Waals surface area (Å²) in [5.41, 5.74) is 4.16. The monoisotopic (exact) mass is 339 g/mol. The summed E-state index contributed by atoms with van der Waals surface area (Å²) in [4.78, 5) is 13.5. The van der Waals surface area contributed by atoms with Gasteiger partial charge >= 0.3 is 0 Å². The Morgan fingerprint density at radius 1 is 0.846 bits per heavy atom. The van der Waals surface area contributed by atoms with Gasteiger partial charge in [-0.1, -0.05) is 60.7 Å². The third-order valence-electron chi connectivity index (χ3n) is 6.01. The fraction of sp³-hybridized carbons (Fsp3) is 0.208. The Labute approximate surface area is 153 Å². The van der Waals surface area contributed by atoms with Crippen molar-refractivity contribution in [1.82, 2.24) is 5.32 Å². The Balaban J connectivity index is 1.62. The average molecular weight is 339 g/mol. The molecule has 0 saturated carbocycles.